The lowest BCUT2D eigenvalue weighted by atomic mass is 9.96. The van der Waals surface area contributed by atoms with Crippen molar-refractivity contribution in [1.82, 2.24) is 20.4 Å². The van der Waals surface area contributed by atoms with E-state index in [9.17, 15) is 9.59 Å². The maximum absolute atomic E-state index is 12.3. The molecule has 3 amide bonds. The molecule has 1 saturated carbocycles. The Bertz CT molecular complexity index is 753. The van der Waals surface area contributed by atoms with Gasteiger partial charge >= 0.3 is 6.03 Å². The van der Waals surface area contributed by atoms with Gasteiger partial charge in [-0.15, -0.1) is 0 Å². The fourth-order valence-corrected chi connectivity index (χ4v) is 3.34. The van der Waals surface area contributed by atoms with Crippen LogP contribution in [0.2, 0.25) is 0 Å². The number of nitrogens with zero attached hydrogens (tertiary/aromatic N) is 2. The Morgan fingerprint density at radius 3 is 2.78 bits per heavy atom. The topological polar surface area (TPSA) is 88.1 Å². The Balaban J connectivity index is 1.49. The van der Waals surface area contributed by atoms with Gasteiger partial charge < -0.3 is 10.6 Å². The maximum Gasteiger partial charge on any atom is 0.321 e. The lowest BCUT2D eigenvalue weighted by Gasteiger charge is -2.23. The summed E-state index contributed by atoms with van der Waals surface area (Å²) >= 11 is 0. The molecule has 0 spiro atoms. The third kappa shape index (κ3) is 5.84. The Labute approximate surface area is 159 Å². The lowest BCUT2D eigenvalue weighted by Crippen LogP contribution is -2.49. The zero-order valence-corrected chi connectivity index (χ0v) is 15.6. The van der Waals surface area contributed by atoms with Crippen molar-refractivity contribution in [2.75, 3.05) is 5.32 Å². The highest BCUT2D eigenvalue weighted by atomic mass is 16.2. The number of hydrogen-bond donors (Lipinski definition) is 3. The first-order valence-corrected chi connectivity index (χ1v) is 9.54. The van der Waals surface area contributed by atoms with Gasteiger partial charge in [0, 0.05) is 24.1 Å². The van der Waals surface area contributed by atoms with Crippen LogP contribution in [0.5, 0.6) is 0 Å². The van der Waals surface area contributed by atoms with E-state index in [2.05, 4.69) is 21.0 Å². The zero-order chi connectivity index (χ0) is 19.1. The molecule has 1 aliphatic carbocycles. The minimum atomic E-state index is -0.526. The van der Waals surface area contributed by atoms with E-state index in [1.807, 2.05) is 41.2 Å². The van der Waals surface area contributed by atoms with Crippen molar-refractivity contribution in [3.63, 3.8) is 0 Å². The average Bonchev–Trinajstić information content (AvgIpc) is 3.15. The molecule has 3 rings (SSSR count). The van der Waals surface area contributed by atoms with E-state index in [1.54, 1.807) is 13.1 Å². The van der Waals surface area contributed by atoms with Crippen LogP contribution in [0.25, 0.3) is 0 Å². The number of anilines is 1. The van der Waals surface area contributed by atoms with Crippen LogP contribution in [-0.2, 0) is 11.3 Å². The summed E-state index contributed by atoms with van der Waals surface area (Å²) in [5.41, 5.74) is 1.90. The van der Waals surface area contributed by atoms with Crippen LogP contribution in [0, 0.1) is 0 Å². The maximum atomic E-state index is 12.3. The van der Waals surface area contributed by atoms with Crippen molar-refractivity contribution in [3.8, 4) is 0 Å². The Hall–Kier alpha value is -2.83. The zero-order valence-electron chi connectivity index (χ0n) is 15.6. The first kappa shape index (κ1) is 18.9. The number of urea groups is 1. The summed E-state index contributed by atoms with van der Waals surface area (Å²) in [7, 11) is 0. The van der Waals surface area contributed by atoms with Crippen molar-refractivity contribution >= 4 is 17.6 Å². The molecular weight excluding hydrogens is 342 g/mol. The monoisotopic (exact) mass is 369 g/mol. The molecule has 0 aliphatic heterocycles. The Kier molecular flexibility index (Phi) is 6.46. The molecule has 1 aromatic carbocycles. The largest absolute Gasteiger partial charge is 0.374 e. The summed E-state index contributed by atoms with van der Waals surface area (Å²) in [5, 5.41) is 12.7. The highest BCUT2D eigenvalue weighted by molar-refractivity contribution is 5.98. The molecule has 27 heavy (non-hydrogen) atoms. The Morgan fingerprint density at radius 1 is 1.22 bits per heavy atom. The van der Waals surface area contributed by atoms with Crippen LogP contribution in [0.3, 0.4) is 0 Å². The van der Waals surface area contributed by atoms with Gasteiger partial charge in [0.15, 0.2) is 0 Å². The third-order valence-electron chi connectivity index (χ3n) is 4.78. The fraction of sp³-hybridized carbons (Fsp3) is 0.450. The molecule has 0 bridgehead atoms. The number of carbonyl (C=O) groups is 2. The van der Waals surface area contributed by atoms with Crippen molar-refractivity contribution < 1.29 is 9.59 Å². The predicted molar refractivity (Wildman–Crippen MR) is 104 cm³/mol. The molecule has 2 aromatic rings. The summed E-state index contributed by atoms with van der Waals surface area (Å²) in [6.45, 7) is 2.40. The summed E-state index contributed by atoms with van der Waals surface area (Å²) in [6, 6.07) is 8.94. The molecule has 1 unspecified atom stereocenters. The number of aromatic nitrogens is 2. The molecule has 7 nitrogen and oxygen atoms in total. The molecule has 1 fully saturated rings. The van der Waals surface area contributed by atoms with Crippen LogP contribution >= 0.6 is 0 Å². The summed E-state index contributed by atoms with van der Waals surface area (Å²) in [5.74, 6) is -0.346. The number of hydrogen-bond acceptors (Lipinski definition) is 4. The minimum absolute atomic E-state index is 0.175. The van der Waals surface area contributed by atoms with Crippen molar-refractivity contribution in [3.05, 3.63) is 48.3 Å². The smallest absolute Gasteiger partial charge is 0.321 e. The van der Waals surface area contributed by atoms with E-state index >= 15 is 0 Å². The summed E-state index contributed by atoms with van der Waals surface area (Å²) < 4.78 is 1.84. The standard InChI is InChI=1S/C20H27N5O2/c1-15(19(26)24-20(27)23-17-8-3-2-4-9-17)22-18-10-5-7-16(13-18)14-25-12-6-11-21-25/h5-7,10-13,15,17,22H,2-4,8-9,14H2,1H3,(H2,23,24,26,27). The first-order chi connectivity index (χ1) is 13.1. The summed E-state index contributed by atoms with van der Waals surface area (Å²) in [4.78, 5) is 24.3. The molecule has 1 heterocycles. The SMILES string of the molecule is CC(Nc1cccc(Cn2cccn2)c1)C(=O)NC(=O)NC1CCCCC1. The van der Waals surface area contributed by atoms with Crippen LogP contribution in [0.4, 0.5) is 10.5 Å². The second kappa shape index (κ2) is 9.21. The van der Waals surface area contributed by atoms with Gasteiger partial charge in [0.1, 0.15) is 6.04 Å². The van der Waals surface area contributed by atoms with Crippen LogP contribution in [0.1, 0.15) is 44.6 Å². The number of benzene rings is 1. The number of imide groups is 1. The van der Waals surface area contributed by atoms with Crippen LogP contribution in [0.15, 0.2) is 42.7 Å². The van der Waals surface area contributed by atoms with Crippen molar-refractivity contribution in [2.24, 2.45) is 0 Å². The van der Waals surface area contributed by atoms with Crippen molar-refractivity contribution in [2.45, 2.75) is 57.7 Å². The number of nitrogens with one attached hydrogen (secondary N) is 3. The van der Waals surface area contributed by atoms with Gasteiger partial charge in [0.2, 0.25) is 5.91 Å². The number of amides is 3. The minimum Gasteiger partial charge on any atom is -0.374 e. The fourth-order valence-electron chi connectivity index (χ4n) is 3.34. The molecule has 3 N–H and O–H groups in total. The van der Waals surface area contributed by atoms with E-state index in [1.165, 1.54) is 6.42 Å². The predicted octanol–water partition coefficient (Wildman–Crippen LogP) is 2.89. The van der Waals surface area contributed by atoms with Gasteiger partial charge in [-0.1, -0.05) is 31.4 Å². The second-order valence-corrected chi connectivity index (χ2v) is 7.07. The van der Waals surface area contributed by atoms with E-state index in [0.29, 0.717) is 6.54 Å². The Morgan fingerprint density at radius 2 is 2.04 bits per heavy atom. The van der Waals surface area contributed by atoms with E-state index in [-0.39, 0.29) is 11.9 Å². The first-order valence-electron chi connectivity index (χ1n) is 9.54. The number of rotatable bonds is 6. The van der Waals surface area contributed by atoms with Crippen LogP contribution in [-0.4, -0.2) is 33.8 Å². The normalized spacial score (nSPS) is 15.7. The van der Waals surface area contributed by atoms with Gasteiger partial charge in [-0.25, -0.2) is 4.79 Å². The van der Waals surface area contributed by atoms with Gasteiger partial charge in [-0.05, 0) is 43.5 Å². The number of carbonyl (C=O) groups excluding carboxylic acids is 2. The summed E-state index contributed by atoms with van der Waals surface area (Å²) in [6.07, 6.45) is 9.10. The quantitative estimate of drug-likeness (QED) is 0.731. The highest BCUT2D eigenvalue weighted by Crippen LogP contribution is 2.17. The second-order valence-electron chi connectivity index (χ2n) is 7.07. The van der Waals surface area contributed by atoms with E-state index in [4.69, 9.17) is 0 Å². The molecule has 1 aromatic heterocycles. The third-order valence-corrected chi connectivity index (χ3v) is 4.78. The molecule has 0 radical (unpaired) electrons. The van der Waals surface area contributed by atoms with Gasteiger partial charge in [0.05, 0.1) is 6.54 Å². The molecule has 1 aliphatic rings. The van der Waals surface area contributed by atoms with Gasteiger partial charge in [0.25, 0.3) is 0 Å². The van der Waals surface area contributed by atoms with E-state index < -0.39 is 12.1 Å². The lowest BCUT2D eigenvalue weighted by molar-refractivity contribution is -0.120. The molecule has 0 saturated heterocycles. The van der Waals surface area contributed by atoms with Crippen LogP contribution < -0.4 is 16.0 Å². The molecule has 144 valence electrons. The molecule has 7 heteroatoms. The van der Waals surface area contributed by atoms with Gasteiger partial charge in [-0.2, -0.15) is 5.10 Å². The van der Waals surface area contributed by atoms with Crippen molar-refractivity contribution in [1.29, 1.82) is 0 Å². The highest BCUT2D eigenvalue weighted by Gasteiger charge is 2.19. The van der Waals surface area contributed by atoms with E-state index in [0.717, 1.165) is 36.9 Å². The molecular formula is C20H27N5O2. The molecule has 1 atom stereocenters. The average molecular weight is 369 g/mol. The van der Waals surface area contributed by atoms with Gasteiger partial charge in [-0.3, -0.25) is 14.8 Å².